The van der Waals surface area contributed by atoms with E-state index in [9.17, 15) is 32.7 Å². The molecule has 0 aliphatic heterocycles. The average Bonchev–Trinajstić information content (AvgIpc) is 2.49. The zero-order valence-electron chi connectivity index (χ0n) is 13.3. The molecule has 25 heavy (non-hydrogen) atoms. The molecule has 0 radical (unpaired) electrons. The lowest BCUT2D eigenvalue weighted by molar-refractivity contribution is -0.146. The number of nitrogens with one attached hydrogen (secondary N) is 1. The predicted molar refractivity (Wildman–Crippen MR) is 84.1 cm³/mol. The summed E-state index contributed by atoms with van der Waals surface area (Å²) in [4.78, 5) is 34.9. The summed E-state index contributed by atoms with van der Waals surface area (Å²) < 4.78 is 42.4. The van der Waals surface area contributed by atoms with E-state index in [4.69, 9.17) is 4.74 Å². The number of phenols is 1. The van der Waals surface area contributed by atoms with Crippen molar-refractivity contribution in [2.75, 3.05) is 12.4 Å². The largest absolute Gasteiger partial charge is 0.507 e. The lowest BCUT2D eigenvalue weighted by Gasteiger charge is -2.15. The van der Waals surface area contributed by atoms with Gasteiger partial charge in [-0.25, -0.2) is 4.79 Å². The van der Waals surface area contributed by atoms with E-state index in [1.165, 1.54) is 6.92 Å². The van der Waals surface area contributed by atoms with E-state index in [1.54, 1.807) is 6.92 Å². The molecule has 0 fully saturated rings. The van der Waals surface area contributed by atoms with Gasteiger partial charge in [0.2, 0.25) is 11.0 Å². The monoisotopic (exact) mass is 379 g/mol. The van der Waals surface area contributed by atoms with Crippen LogP contribution in [0.5, 0.6) is 5.75 Å². The van der Waals surface area contributed by atoms with Crippen LogP contribution in [0.3, 0.4) is 0 Å². The maximum absolute atomic E-state index is 12.5. The number of amides is 1. The summed E-state index contributed by atoms with van der Waals surface area (Å²) >= 11 is 0.566. The Hall–Kier alpha value is -2.23. The van der Waals surface area contributed by atoms with Gasteiger partial charge >= 0.3 is 12.1 Å². The summed E-state index contributed by atoms with van der Waals surface area (Å²) in [7, 11) is 0. The number of halogens is 3. The molecule has 0 aliphatic rings. The minimum absolute atomic E-state index is 0.0766. The van der Waals surface area contributed by atoms with Crippen LogP contribution >= 0.6 is 11.8 Å². The van der Waals surface area contributed by atoms with E-state index < -0.39 is 40.5 Å². The topological polar surface area (TPSA) is 92.7 Å². The predicted octanol–water partition coefficient (Wildman–Crippen LogP) is 2.35. The molecular formula is C15H16F3NO5S. The third-order valence-corrected chi connectivity index (χ3v) is 3.86. The summed E-state index contributed by atoms with van der Waals surface area (Å²) in [5.41, 5.74) is -1.42. The Labute approximate surface area is 145 Å². The SMILES string of the molecule is CCOC(=O)C(CSC(=O)c1ccc(C(F)(F)F)cc1O)NC(C)=O. The Morgan fingerprint density at radius 1 is 1.32 bits per heavy atom. The molecular weight excluding hydrogens is 363 g/mol. The van der Waals surface area contributed by atoms with Crippen molar-refractivity contribution in [3.63, 3.8) is 0 Å². The molecule has 0 aromatic heterocycles. The number of hydrogen-bond donors (Lipinski definition) is 2. The molecule has 0 heterocycles. The molecule has 1 atom stereocenters. The van der Waals surface area contributed by atoms with Crippen LogP contribution in [0.25, 0.3) is 0 Å². The summed E-state index contributed by atoms with van der Waals surface area (Å²) in [5, 5.41) is 11.2. The average molecular weight is 379 g/mol. The summed E-state index contributed by atoms with van der Waals surface area (Å²) in [6.45, 7) is 2.83. The third-order valence-electron chi connectivity index (χ3n) is 2.87. The van der Waals surface area contributed by atoms with Crippen LogP contribution in [0.15, 0.2) is 18.2 Å². The van der Waals surface area contributed by atoms with Gasteiger partial charge in [0.05, 0.1) is 17.7 Å². The lowest BCUT2D eigenvalue weighted by Crippen LogP contribution is -2.42. The molecule has 138 valence electrons. The van der Waals surface area contributed by atoms with E-state index in [0.29, 0.717) is 23.9 Å². The molecule has 1 amide bonds. The number of phenolic OH excluding ortho intramolecular Hbond substituents is 1. The molecule has 0 saturated carbocycles. The maximum atomic E-state index is 12.5. The maximum Gasteiger partial charge on any atom is 0.416 e. The van der Waals surface area contributed by atoms with Crippen molar-refractivity contribution in [3.8, 4) is 5.75 Å². The fourth-order valence-corrected chi connectivity index (χ4v) is 2.64. The van der Waals surface area contributed by atoms with Gasteiger partial charge < -0.3 is 15.2 Å². The summed E-state index contributed by atoms with van der Waals surface area (Å²) in [6.07, 6.45) is -4.65. The lowest BCUT2D eigenvalue weighted by atomic mass is 10.1. The van der Waals surface area contributed by atoms with Crippen LogP contribution in [-0.4, -0.2) is 40.5 Å². The zero-order chi connectivity index (χ0) is 19.2. The van der Waals surface area contributed by atoms with Gasteiger partial charge in [-0.3, -0.25) is 9.59 Å². The molecule has 0 spiro atoms. The number of hydrogen-bond acceptors (Lipinski definition) is 6. The van der Waals surface area contributed by atoms with Crippen molar-refractivity contribution >= 4 is 28.8 Å². The minimum Gasteiger partial charge on any atom is -0.507 e. The molecule has 1 aromatic rings. The number of thioether (sulfide) groups is 1. The highest BCUT2D eigenvalue weighted by Gasteiger charge is 2.32. The number of carbonyl (C=O) groups excluding carboxylic acids is 3. The van der Waals surface area contributed by atoms with Gasteiger partial charge in [0.1, 0.15) is 11.8 Å². The van der Waals surface area contributed by atoms with Crippen molar-refractivity contribution in [3.05, 3.63) is 29.3 Å². The van der Waals surface area contributed by atoms with Crippen molar-refractivity contribution in [2.24, 2.45) is 0 Å². The van der Waals surface area contributed by atoms with Gasteiger partial charge in [0, 0.05) is 12.7 Å². The Balaban J connectivity index is 2.83. The van der Waals surface area contributed by atoms with Crippen molar-refractivity contribution in [2.45, 2.75) is 26.1 Å². The van der Waals surface area contributed by atoms with Gasteiger partial charge in [0.25, 0.3) is 0 Å². The molecule has 1 rings (SSSR count). The smallest absolute Gasteiger partial charge is 0.416 e. The third kappa shape index (κ3) is 6.29. The van der Waals surface area contributed by atoms with Crippen LogP contribution in [0.1, 0.15) is 29.8 Å². The first kappa shape index (κ1) is 20.8. The molecule has 1 aromatic carbocycles. The molecule has 1 unspecified atom stereocenters. The fourth-order valence-electron chi connectivity index (χ4n) is 1.77. The quantitative estimate of drug-likeness (QED) is 0.737. The van der Waals surface area contributed by atoms with Crippen LogP contribution in [-0.2, 0) is 20.5 Å². The van der Waals surface area contributed by atoms with Crippen LogP contribution in [0.4, 0.5) is 13.2 Å². The molecule has 0 bridgehead atoms. The molecule has 10 heteroatoms. The van der Waals surface area contributed by atoms with E-state index >= 15 is 0 Å². The fraction of sp³-hybridized carbons (Fsp3) is 0.400. The highest BCUT2D eigenvalue weighted by Crippen LogP contribution is 2.33. The Kier molecular flexibility index (Phi) is 7.28. The van der Waals surface area contributed by atoms with E-state index in [1.807, 2.05) is 0 Å². The van der Waals surface area contributed by atoms with E-state index in [-0.39, 0.29) is 17.9 Å². The first-order chi connectivity index (χ1) is 11.6. The first-order valence-electron chi connectivity index (χ1n) is 7.07. The molecule has 0 saturated heterocycles. The number of benzene rings is 1. The number of carbonyl (C=O) groups is 3. The number of aromatic hydroxyl groups is 1. The number of alkyl halides is 3. The number of esters is 1. The normalized spacial score (nSPS) is 12.4. The molecule has 6 nitrogen and oxygen atoms in total. The van der Waals surface area contributed by atoms with Crippen molar-refractivity contribution in [1.29, 1.82) is 0 Å². The van der Waals surface area contributed by atoms with Crippen molar-refractivity contribution < 1.29 is 37.4 Å². The second kappa shape index (κ2) is 8.75. The minimum atomic E-state index is -4.65. The Bertz CT molecular complexity index is 663. The van der Waals surface area contributed by atoms with Gasteiger partial charge in [-0.1, -0.05) is 11.8 Å². The second-order valence-electron chi connectivity index (χ2n) is 4.83. The number of ether oxygens (including phenoxy) is 1. The Morgan fingerprint density at radius 2 is 1.96 bits per heavy atom. The zero-order valence-corrected chi connectivity index (χ0v) is 14.2. The van der Waals surface area contributed by atoms with Gasteiger partial charge in [-0.05, 0) is 25.1 Å². The van der Waals surface area contributed by atoms with Gasteiger partial charge in [-0.15, -0.1) is 0 Å². The Morgan fingerprint density at radius 3 is 2.44 bits per heavy atom. The van der Waals surface area contributed by atoms with Crippen LogP contribution in [0, 0.1) is 0 Å². The second-order valence-corrected chi connectivity index (χ2v) is 5.83. The highest BCUT2D eigenvalue weighted by atomic mass is 32.2. The summed E-state index contributed by atoms with van der Waals surface area (Å²) in [6, 6.07) is 0.878. The molecule has 0 aliphatic carbocycles. The first-order valence-corrected chi connectivity index (χ1v) is 8.05. The standard InChI is InChI=1S/C15H16F3NO5S/c1-3-24-13(22)11(19-8(2)20)7-25-14(23)10-5-4-9(6-12(10)21)15(16,17)18/h4-6,11,21H,3,7H2,1-2H3,(H,19,20). The highest BCUT2D eigenvalue weighted by molar-refractivity contribution is 8.14. The number of rotatable bonds is 6. The van der Waals surface area contributed by atoms with Gasteiger partial charge in [-0.2, -0.15) is 13.2 Å². The van der Waals surface area contributed by atoms with E-state index in [0.717, 1.165) is 6.07 Å². The van der Waals surface area contributed by atoms with Crippen LogP contribution < -0.4 is 5.32 Å². The van der Waals surface area contributed by atoms with Crippen molar-refractivity contribution in [1.82, 2.24) is 5.32 Å². The van der Waals surface area contributed by atoms with Gasteiger partial charge in [0.15, 0.2) is 0 Å². The summed E-state index contributed by atoms with van der Waals surface area (Å²) in [5.74, 6) is -2.27. The molecule has 2 N–H and O–H groups in total. The van der Waals surface area contributed by atoms with Crippen LogP contribution in [0.2, 0.25) is 0 Å². The van der Waals surface area contributed by atoms with E-state index in [2.05, 4.69) is 5.32 Å².